The number of rotatable bonds is 6. The number of halogens is 1. The van der Waals surface area contributed by atoms with E-state index in [9.17, 15) is 0 Å². The number of aliphatic imine (C=N–C) groups is 1. The van der Waals surface area contributed by atoms with Crippen molar-refractivity contribution in [1.82, 2.24) is 5.32 Å². The molecule has 0 radical (unpaired) electrons. The SMILES string of the molecule is COCCN=C(N)NCCC1=CCOCC1.I. The van der Waals surface area contributed by atoms with Crippen LogP contribution in [-0.2, 0) is 9.47 Å². The molecule has 6 heteroatoms. The van der Waals surface area contributed by atoms with Gasteiger partial charge in [-0.05, 0) is 12.8 Å². The van der Waals surface area contributed by atoms with Crippen molar-refractivity contribution >= 4 is 29.9 Å². The van der Waals surface area contributed by atoms with Gasteiger partial charge in [-0.1, -0.05) is 11.6 Å². The van der Waals surface area contributed by atoms with Crippen LogP contribution in [0.1, 0.15) is 12.8 Å². The minimum absolute atomic E-state index is 0. The van der Waals surface area contributed by atoms with Crippen LogP contribution in [0.5, 0.6) is 0 Å². The van der Waals surface area contributed by atoms with Gasteiger partial charge in [0.2, 0.25) is 0 Å². The summed E-state index contributed by atoms with van der Waals surface area (Å²) in [5.41, 5.74) is 7.10. The lowest BCUT2D eigenvalue weighted by Gasteiger charge is -2.13. The Kier molecular flexibility index (Phi) is 10.6. The van der Waals surface area contributed by atoms with Crippen molar-refractivity contribution in [2.75, 3.05) is 40.0 Å². The second-order valence-corrected chi connectivity index (χ2v) is 3.62. The normalized spacial score (nSPS) is 16.1. The lowest BCUT2D eigenvalue weighted by atomic mass is 10.1. The highest BCUT2D eigenvalue weighted by Crippen LogP contribution is 2.10. The zero-order chi connectivity index (χ0) is 11.6. The van der Waals surface area contributed by atoms with Crippen molar-refractivity contribution in [3.63, 3.8) is 0 Å². The van der Waals surface area contributed by atoms with Crippen LogP contribution in [0.2, 0.25) is 0 Å². The number of nitrogens with zero attached hydrogens (tertiary/aromatic N) is 1. The van der Waals surface area contributed by atoms with Gasteiger partial charge in [0.1, 0.15) is 0 Å². The summed E-state index contributed by atoms with van der Waals surface area (Å²) in [6.45, 7) is 3.61. The summed E-state index contributed by atoms with van der Waals surface area (Å²) in [7, 11) is 1.65. The van der Waals surface area contributed by atoms with Crippen molar-refractivity contribution in [2.45, 2.75) is 12.8 Å². The molecule has 0 fully saturated rings. The molecule has 0 atom stereocenters. The second-order valence-electron chi connectivity index (χ2n) is 3.62. The minimum Gasteiger partial charge on any atom is -0.383 e. The van der Waals surface area contributed by atoms with E-state index in [1.54, 1.807) is 7.11 Å². The molecule has 1 rings (SSSR count). The van der Waals surface area contributed by atoms with Crippen LogP contribution >= 0.6 is 24.0 Å². The summed E-state index contributed by atoms with van der Waals surface area (Å²) in [6.07, 6.45) is 4.18. The van der Waals surface area contributed by atoms with E-state index in [4.69, 9.17) is 15.2 Å². The molecule has 0 bridgehead atoms. The van der Waals surface area contributed by atoms with Gasteiger partial charge >= 0.3 is 0 Å². The van der Waals surface area contributed by atoms with Gasteiger partial charge in [-0.15, -0.1) is 24.0 Å². The number of guanidine groups is 1. The van der Waals surface area contributed by atoms with Crippen molar-refractivity contribution in [3.8, 4) is 0 Å². The maximum Gasteiger partial charge on any atom is 0.188 e. The average molecular weight is 355 g/mol. The van der Waals surface area contributed by atoms with E-state index in [1.165, 1.54) is 5.57 Å². The van der Waals surface area contributed by atoms with Gasteiger partial charge in [-0.2, -0.15) is 0 Å². The molecule has 100 valence electrons. The number of ether oxygens (including phenoxy) is 2. The van der Waals surface area contributed by atoms with Gasteiger partial charge < -0.3 is 20.5 Å². The summed E-state index contributed by atoms with van der Waals surface area (Å²) in [5.74, 6) is 0.490. The summed E-state index contributed by atoms with van der Waals surface area (Å²) < 4.78 is 10.1. The molecule has 0 aromatic carbocycles. The Labute approximate surface area is 120 Å². The standard InChI is InChI=1S/C11H21N3O2.HI/c1-15-9-6-14-11(12)13-5-2-10-3-7-16-8-4-10;/h3H,2,4-9H2,1H3,(H3,12,13,14);1H. The molecule has 3 N–H and O–H groups in total. The zero-order valence-corrected chi connectivity index (χ0v) is 12.6. The first-order valence-corrected chi connectivity index (χ1v) is 5.61. The molecule has 0 unspecified atom stereocenters. The number of nitrogens with one attached hydrogen (secondary N) is 1. The molecule has 1 aliphatic rings. The summed E-state index contributed by atoms with van der Waals surface area (Å²) in [4.78, 5) is 4.11. The van der Waals surface area contributed by atoms with Crippen molar-refractivity contribution < 1.29 is 9.47 Å². The Morgan fingerprint density at radius 2 is 2.47 bits per heavy atom. The van der Waals surface area contributed by atoms with E-state index in [2.05, 4.69) is 16.4 Å². The summed E-state index contributed by atoms with van der Waals surface area (Å²) in [6, 6.07) is 0. The van der Waals surface area contributed by atoms with Gasteiger partial charge in [0, 0.05) is 13.7 Å². The highest BCUT2D eigenvalue weighted by atomic mass is 127. The predicted molar refractivity (Wildman–Crippen MR) is 79.9 cm³/mol. The van der Waals surface area contributed by atoms with E-state index < -0.39 is 0 Å². The lowest BCUT2D eigenvalue weighted by Crippen LogP contribution is -2.33. The van der Waals surface area contributed by atoms with Gasteiger partial charge in [-0.3, -0.25) is 4.99 Å². The molecule has 0 saturated carbocycles. The summed E-state index contributed by atoms with van der Waals surface area (Å²) in [5, 5.41) is 3.08. The van der Waals surface area contributed by atoms with Gasteiger partial charge in [-0.25, -0.2) is 0 Å². The first-order valence-electron chi connectivity index (χ1n) is 5.61. The first-order chi connectivity index (χ1) is 7.83. The quantitative estimate of drug-likeness (QED) is 0.244. The molecule has 0 amide bonds. The topological polar surface area (TPSA) is 68.9 Å². The molecule has 1 aliphatic heterocycles. The van der Waals surface area contributed by atoms with Crippen LogP contribution in [-0.4, -0.2) is 46.0 Å². The van der Waals surface area contributed by atoms with Gasteiger partial charge in [0.25, 0.3) is 0 Å². The van der Waals surface area contributed by atoms with Crippen LogP contribution in [0.15, 0.2) is 16.6 Å². The molecule has 5 nitrogen and oxygen atoms in total. The predicted octanol–water partition coefficient (Wildman–Crippen LogP) is 0.892. The van der Waals surface area contributed by atoms with E-state index in [1.807, 2.05) is 0 Å². The molecular weight excluding hydrogens is 333 g/mol. The Balaban J connectivity index is 0.00000256. The van der Waals surface area contributed by atoms with E-state index in [-0.39, 0.29) is 24.0 Å². The molecule has 0 aliphatic carbocycles. The number of hydrogen-bond acceptors (Lipinski definition) is 3. The van der Waals surface area contributed by atoms with Crippen molar-refractivity contribution in [2.24, 2.45) is 10.7 Å². The fourth-order valence-electron chi connectivity index (χ4n) is 1.46. The lowest BCUT2D eigenvalue weighted by molar-refractivity contribution is 0.153. The largest absolute Gasteiger partial charge is 0.383 e. The van der Waals surface area contributed by atoms with Gasteiger partial charge in [0.15, 0.2) is 5.96 Å². The first kappa shape index (κ1) is 16.7. The third-order valence-corrected chi connectivity index (χ3v) is 2.39. The Hall–Kier alpha value is -0.340. The monoisotopic (exact) mass is 355 g/mol. The van der Waals surface area contributed by atoms with Crippen molar-refractivity contribution in [1.29, 1.82) is 0 Å². The molecule has 0 spiro atoms. The number of hydrogen-bond donors (Lipinski definition) is 2. The van der Waals surface area contributed by atoms with E-state index in [0.29, 0.717) is 19.1 Å². The molecule has 0 aromatic rings. The minimum atomic E-state index is 0. The molecule has 0 aromatic heterocycles. The van der Waals surface area contributed by atoms with Crippen LogP contribution in [0, 0.1) is 0 Å². The third-order valence-electron chi connectivity index (χ3n) is 2.39. The fraction of sp³-hybridized carbons (Fsp3) is 0.727. The maximum atomic E-state index is 5.67. The number of nitrogens with two attached hydrogens (primary N) is 1. The molecule has 17 heavy (non-hydrogen) atoms. The van der Waals surface area contributed by atoms with Gasteiger partial charge in [0.05, 0.1) is 26.4 Å². The van der Waals surface area contributed by atoms with Crippen molar-refractivity contribution in [3.05, 3.63) is 11.6 Å². The third kappa shape index (κ3) is 8.39. The van der Waals surface area contributed by atoms with Crippen LogP contribution in [0.4, 0.5) is 0 Å². The molecule has 0 saturated heterocycles. The van der Waals surface area contributed by atoms with Crippen LogP contribution in [0.3, 0.4) is 0 Å². The van der Waals surface area contributed by atoms with E-state index in [0.717, 1.165) is 32.6 Å². The second kappa shape index (κ2) is 10.8. The van der Waals surface area contributed by atoms with Crippen LogP contribution in [0.25, 0.3) is 0 Å². The highest BCUT2D eigenvalue weighted by Gasteiger charge is 2.02. The van der Waals surface area contributed by atoms with E-state index >= 15 is 0 Å². The molecular formula is C11H22IN3O2. The Morgan fingerprint density at radius 1 is 1.65 bits per heavy atom. The number of methoxy groups -OCH3 is 1. The van der Waals surface area contributed by atoms with Crippen LogP contribution < -0.4 is 11.1 Å². The average Bonchev–Trinajstić information content (AvgIpc) is 2.31. The summed E-state index contributed by atoms with van der Waals surface area (Å²) >= 11 is 0. The Morgan fingerprint density at radius 3 is 3.12 bits per heavy atom. The fourth-order valence-corrected chi connectivity index (χ4v) is 1.46. The molecule has 1 heterocycles. The maximum absolute atomic E-state index is 5.67. The highest BCUT2D eigenvalue weighted by molar-refractivity contribution is 14.0. The smallest absolute Gasteiger partial charge is 0.188 e. The zero-order valence-electron chi connectivity index (χ0n) is 10.3. The Bertz CT molecular complexity index is 257.